The van der Waals surface area contributed by atoms with E-state index in [2.05, 4.69) is 5.32 Å². The van der Waals surface area contributed by atoms with E-state index >= 15 is 0 Å². The maximum atomic E-state index is 12.3. The molecule has 9 heteroatoms. The van der Waals surface area contributed by atoms with Crippen LogP contribution < -0.4 is 26.0 Å². The second-order valence-electron chi connectivity index (χ2n) is 5.92. The summed E-state index contributed by atoms with van der Waals surface area (Å²) in [6, 6.07) is 8.95. The van der Waals surface area contributed by atoms with Crippen molar-refractivity contribution in [3.05, 3.63) is 56.9 Å². The number of hydrogen-bond acceptors (Lipinski definition) is 6. The van der Waals surface area contributed by atoms with Gasteiger partial charge in [0.05, 0.1) is 6.54 Å². The smallest absolute Gasteiger partial charge is 0.331 e. The molecule has 9 nitrogen and oxygen atoms in total. The molecule has 1 aliphatic heterocycles. The lowest BCUT2D eigenvalue weighted by molar-refractivity contribution is -0.122. The predicted octanol–water partition coefficient (Wildman–Crippen LogP) is -0.142. The number of benzene rings is 1. The number of carbonyl (C=O) groups excluding carboxylic acids is 1. The Morgan fingerprint density at radius 1 is 1.33 bits per heavy atom. The molecule has 140 valence electrons. The number of rotatable bonds is 5. The number of nitriles is 1. The van der Waals surface area contributed by atoms with Gasteiger partial charge in [-0.05, 0) is 19.1 Å². The molecule has 3 rings (SSSR count). The van der Waals surface area contributed by atoms with Crippen LogP contribution in [0, 0.1) is 11.3 Å². The van der Waals surface area contributed by atoms with Gasteiger partial charge in [0.25, 0.3) is 5.56 Å². The molecule has 1 amide bonds. The molecule has 0 fully saturated rings. The third-order valence-corrected chi connectivity index (χ3v) is 4.09. The molecule has 0 radical (unpaired) electrons. The first-order chi connectivity index (χ1) is 13.0. The molecule has 1 N–H and O–H groups in total. The van der Waals surface area contributed by atoms with Crippen LogP contribution in [-0.2, 0) is 17.9 Å². The molecule has 0 saturated carbocycles. The third kappa shape index (κ3) is 3.84. The van der Waals surface area contributed by atoms with E-state index in [-0.39, 0.29) is 25.3 Å². The van der Waals surface area contributed by atoms with Gasteiger partial charge in [-0.3, -0.25) is 14.2 Å². The fraction of sp³-hybridized carbons (Fsp3) is 0.333. The van der Waals surface area contributed by atoms with Crippen molar-refractivity contribution < 1.29 is 14.3 Å². The van der Waals surface area contributed by atoms with Crippen LogP contribution in [-0.4, -0.2) is 34.3 Å². The van der Waals surface area contributed by atoms with Crippen molar-refractivity contribution in [2.75, 3.05) is 13.2 Å². The molecule has 2 heterocycles. The minimum atomic E-state index is -0.784. The Labute approximate surface area is 154 Å². The number of nitrogens with one attached hydrogen (secondary N) is 1. The summed E-state index contributed by atoms with van der Waals surface area (Å²) < 4.78 is 13.3. The maximum Gasteiger partial charge on any atom is 0.331 e. The summed E-state index contributed by atoms with van der Waals surface area (Å²) in [7, 11) is 0. The van der Waals surface area contributed by atoms with Crippen LogP contribution in [0.2, 0.25) is 0 Å². The lowest BCUT2D eigenvalue weighted by Gasteiger charge is -2.26. The van der Waals surface area contributed by atoms with Crippen molar-refractivity contribution in [2.45, 2.75) is 26.1 Å². The van der Waals surface area contributed by atoms with E-state index in [0.29, 0.717) is 11.5 Å². The van der Waals surface area contributed by atoms with Gasteiger partial charge in [0.15, 0.2) is 11.5 Å². The van der Waals surface area contributed by atoms with Gasteiger partial charge in [0.1, 0.15) is 30.9 Å². The molecule has 0 spiro atoms. The summed E-state index contributed by atoms with van der Waals surface area (Å²) in [5.74, 6) is 0.696. The molecule has 1 aliphatic rings. The minimum absolute atomic E-state index is 0.155. The highest BCUT2D eigenvalue weighted by Crippen LogP contribution is 2.30. The highest BCUT2D eigenvalue weighted by Gasteiger charge is 2.21. The van der Waals surface area contributed by atoms with Crippen LogP contribution in [0.4, 0.5) is 0 Å². The van der Waals surface area contributed by atoms with E-state index in [1.165, 1.54) is 10.8 Å². The fourth-order valence-corrected chi connectivity index (χ4v) is 2.69. The molecule has 1 atom stereocenters. The molecule has 1 aromatic heterocycles. The van der Waals surface area contributed by atoms with Gasteiger partial charge in [-0.25, -0.2) is 9.36 Å². The van der Waals surface area contributed by atoms with E-state index in [1.54, 1.807) is 25.1 Å². The van der Waals surface area contributed by atoms with Gasteiger partial charge in [-0.2, -0.15) is 5.26 Å². The first-order valence-electron chi connectivity index (χ1n) is 8.43. The second kappa shape index (κ2) is 7.78. The van der Waals surface area contributed by atoms with Gasteiger partial charge >= 0.3 is 5.69 Å². The summed E-state index contributed by atoms with van der Waals surface area (Å²) in [6.45, 7) is 1.93. The summed E-state index contributed by atoms with van der Waals surface area (Å²) in [4.78, 5) is 36.6. The molecule has 1 aromatic carbocycles. The Bertz CT molecular complexity index is 1020. The standard InChI is InChI=1S/C18H18N4O5/c1-2-21-9-12(7-19)17(24)22(18(21)25)10-16(23)20-8-13-11-26-14-5-3-4-6-15(14)27-13/h3-6,9,13H,2,8,10-11H2,1H3,(H,20,23)/t13-/m0/s1. The Morgan fingerprint density at radius 2 is 2.07 bits per heavy atom. The topological polar surface area (TPSA) is 115 Å². The summed E-state index contributed by atoms with van der Waals surface area (Å²) >= 11 is 0. The van der Waals surface area contributed by atoms with Crippen molar-refractivity contribution in [1.82, 2.24) is 14.5 Å². The fourth-order valence-electron chi connectivity index (χ4n) is 2.69. The van der Waals surface area contributed by atoms with E-state index < -0.39 is 29.8 Å². The monoisotopic (exact) mass is 370 g/mol. The number of aryl methyl sites for hydroxylation is 1. The second-order valence-corrected chi connectivity index (χ2v) is 5.92. The van der Waals surface area contributed by atoms with Gasteiger partial charge in [0, 0.05) is 12.7 Å². The van der Waals surface area contributed by atoms with Crippen LogP contribution >= 0.6 is 0 Å². The van der Waals surface area contributed by atoms with Crippen molar-refractivity contribution in [3.8, 4) is 17.6 Å². The number of para-hydroxylation sites is 2. The number of nitrogens with zero attached hydrogens (tertiary/aromatic N) is 3. The molecule has 0 bridgehead atoms. The van der Waals surface area contributed by atoms with E-state index in [0.717, 1.165) is 4.57 Å². The molecule has 0 unspecified atom stereocenters. The normalized spacial score (nSPS) is 15.0. The minimum Gasteiger partial charge on any atom is -0.486 e. The molecule has 27 heavy (non-hydrogen) atoms. The van der Waals surface area contributed by atoms with E-state index in [4.69, 9.17) is 14.7 Å². The number of hydrogen-bond donors (Lipinski definition) is 1. The third-order valence-electron chi connectivity index (χ3n) is 4.09. The van der Waals surface area contributed by atoms with Crippen molar-refractivity contribution in [2.24, 2.45) is 0 Å². The van der Waals surface area contributed by atoms with Gasteiger partial charge in [0.2, 0.25) is 5.91 Å². The highest BCUT2D eigenvalue weighted by atomic mass is 16.6. The first-order valence-corrected chi connectivity index (χ1v) is 8.43. The van der Waals surface area contributed by atoms with Gasteiger partial charge in [-0.1, -0.05) is 12.1 Å². The average molecular weight is 370 g/mol. The Morgan fingerprint density at radius 3 is 2.78 bits per heavy atom. The van der Waals surface area contributed by atoms with Crippen molar-refractivity contribution in [3.63, 3.8) is 0 Å². The molecule has 0 aliphatic carbocycles. The van der Waals surface area contributed by atoms with Crippen molar-refractivity contribution >= 4 is 5.91 Å². The molecular formula is C18H18N4O5. The molecular weight excluding hydrogens is 352 g/mol. The number of amides is 1. The summed E-state index contributed by atoms with van der Waals surface area (Å²) in [6.07, 6.45) is 0.808. The van der Waals surface area contributed by atoms with Gasteiger partial charge in [-0.15, -0.1) is 0 Å². The Kier molecular flexibility index (Phi) is 5.26. The van der Waals surface area contributed by atoms with Crippen LogP contribution in [0.5, 0.6) is 11.5 Å². The summed E-state index contributed by atoms with van der Waals surface area (Å²) in [5, 5.41) is 11.7. The zero-order valence-corrected chi connectivity index (χ0v) is 14.7. The van der Waals surface area contributed by atoms with Crippen LogP contribution in [0.3, 0.4) is 0 Å². The van der Waals surface area contributed by atoms with Crippen LogP contribution in [0.15, 0.2) is 40.1 Å². The largest absolute Gasteiger partial charge is 0.486 e. The average Bonchev–Trinajstić information content (AvgIpc) is 2.69. The van der Waals surface area contributed by atoms with Crippen LogP contribution in [0.1, 0.15) is 12.5 Å². The zero-order valence-electron chi connectivity index (χ0n) is 14.7. The van der Waals surface area contributed by atoms with Crippen molar-refractivity contribution in [1.29, 1.82) is 5.26 Å². The predicted molar refractivity (Wildman–Crippen MR) is 94.7 cm³/mol. The number of aromatic nitrogens is 2. The molecule has 0 saturated heterocycles. The first kappa shape index (κ1) is 18.3. The van der Waals surface area contributed by atoms with Gasteiger partial charge < -0.3 is 14.8 Å². The Balaban J connectivity index is 1.66. The van der Waals surface area contributed by atoms with Crippen LogP contribution in [0.25, 0.3) is 0 Å². The molecule has 2 aromatic rings. The number of fused-ring (bicyclic) bond motifs is 1. The Hall–Kier alpha value is -3.54. The van der Waals surface area contributed by atoms with E-state index in [9.17, 15) is 14.4 Å². The highest BCUT2D eigenvalue weighted by molar-refractivity contribution is 5.75. The lowest BCUT2D eigenvalue weighted by Crippen LogP contribution is -2.46. The lowest BCUT2D eigenvalue weighted by atomic mass is 10.2. The maximum absolute atomic E-state index is 12.3. The zero-order chi connectivity index (χ0) is 19.4. The summed E-state index contributed by atoms with van der Waals surface area (Å²) in [5.41, 5.74) is -1.61. The number of ether oxygens (including phenoxy) is 2. The number of carbonyl (C=O) groups is 1. The SMILES string of the molecule is CCn1cc(C#N)c(=O)n(CC(=O)NC[C@H]2COc3ccccc3O2)c1=O. The van der Waals surface area contributed by atoms with E-state index in [1.807, 2.05) is 12.1 Å². The quantitative estimate of drug-likeness (QED) is 0.783.